The van der Waals surface area contributed by atoms with Gasteiger partial charge in [0.1, 0.15) is 0 Å². The number of benzene rings is 2. The van der Waals surface area contributed by atoms with E-state index in [0.717, 1.165) is 30.6 Å². The summed E-state index contributed by atoms with van der Waals surface area (Å²) in [7, 11) is 0. The predicted octanol–water partition coefficient (Wildman–Crippen LogP) is 3.39. The van der Waals surface area contributed by atoms with Crippen molar-refractivity contribution in [2.45, 2.75) is 26.2 Å². The lowest BCUT2D eigenvalue weighted by atomic mass is 9.99. The summed E-state index contributed by atoms with van der Waals surface area (Å²) in [6.45, 7) is 2.17. The van der Waals surface area contributed by atoms with Gasteiger partial charge in [-0.3, -0.25) is 0 Å². The molecule has 0 aromatic heterocycles. The van der Waals surface area contributed by atoms with Crippen molar-refractivity contribution in [3.8, 4) is 0 Å². The first kappa shape index (κ1) is 12.5. The summed E-state index contributed by atoms with van der Waals surface area (Å²) >= 11 is 0. The normalized spacial score (nSPS) is 10.5. The maximum atomic E-state index is 5.97. The van der Waals surface area contributed by atoms with Crippen LogP contribution in [0.3, 0.4) is 0 Å². The summed E-state index contributed by atoms with van der Waals surface area (Å²) < 4.78 is 0. The molecular formula is C16H20N2. The van der Waals surface area contributed by atoms with Crippen molar-refractivity contribution in [1.82, 2.24) is 0 Å². The van der Waals surface area contributed by atoms with Crippen LogP contribution in [0, 0.1) is 0 Å². The van der Waals surface area contributed by atoms with Crippen molar-refractivity contribution in [2.24, 2.45) is 0 Å². The molecule has 0 amide bonds. The second-order valence-electron chi connectivity index (χ2n) is 4.70. The second kappa shape index (κ2) is 5.58. The molecule has 0 fully saturated rings. The van der Waals surface area contributed by atoms with Gasteiger partial charge in [0.05, 0.1) is 0 Å². The van der Waals surface area contributed by atoms with Crippen LogP contribution in [0.25, 0.3) is 0 Å². The van der Waals surface area contributed by atoms with Crippen molar-refractivity contribution in [3.05, 3.63) is 59.2 Å². The zero-order chi connectivity index (χ0) is 13.0. The molecule has 0 radical (unpaired) electrons. The Morgan fingerprint density at radius 1 is 0.889 bits per heavy atom. The molecule has 94 valence electrons. The molecule has 0 atom stereocenters. The molecule has 0 aliphatic carbocycles. The number of hydrogen-bond donors (Lipinski definition) is 2. The third kappa shape index (κ3) is 3.04. The first-order valence-electron chi connectivity index (χ1n) is 6.40. The van der Waals surface area contributed by atoms with Crippen LogP contribution in [0.15, 0.2) is 42.5 Å². The van der Waals surface area contributed by atoms with E-state index >= 15 is 0 Å². The van der Waals surface area contributed by atoms with Gasteiger partial charge in [-0.15, -0.1) is 0 Å². The van der Waals surface area contributed by atoms with E-state index in [2.05, 4.69) is 31.2 Å². The molecule has 0 bridgehead atoms. The molecule has 18 heavy (non-hydrogen) atoms. The lowest BCUT2D eigenvalue weighted by Crippen LogP contribution is -1.97. The molecule has 0 saturated carbocycles. The Morgan fingerprint density at radius 3 is 2.22 bits per heavy atom. The van der Waals surface area contributed by atoms with E-state index in [4.69, 9.17) is 11.5 Å². The number of rotatable bonds is 4. The third-order valence-corrected chi connectivity index (χ3v) is 3.11. The van der Waals surface area contributed by atoms with Crippen LogP contribution in [-0.2, 0) is 12.8 Å². The van der Waals surface area contributed by atoms with Crippen LogP contribution in [-0.4, -0.2) is 0 Å². The van der Waals surface area contributed by atoms with Gasteiger partial charge in [-0.1, -0.05) is 37.6 Å². The van der Waals surface area contributed by atoms with E-state index in [0.29, 0.717) is 0 Å². The largest absolute Gasteiger partial charge is 0.399 e. The predicted molar refractivity (Wildman–Crippen MR) is 78.5 cm³/mol. The number of nitrogen functional groups attached to an aromatic ring is 2. The van der Waals surface area contributed by atoms with Gasteiger partial charge in [0.15, 0.2) is 0 Å². The zero-order valence-corrected chi connectivity index (χ0v) is 10.8. The Balaban J connectivity index is 2.18. The fourth-order valence-corrected chi connectivity index (χ4v) is 2.13. The minimum Gasteiger partial charge on any atom is -0.399 e. The standard InChI is InChI=1S/C16H20N2/c1-2-3-14-11-13(6-9-16(14)18)10-12-4-7-15(17)8-5-12/h4-9,11H,2-3,10,17-18H2,1H3. The highest BCUT2D eigenvalue weighted by Gasteiger charge is 2.02. The van der Waals surface area contributed by atoms with Gasteiger partial charge in [-0.25, -0.2) is 0 Å². The maximum Gasteiger partial charge on any atom is 0.0346 e. The van der Waals surface area contributed by atoms with Gasteiger partial charge < -0.3 is 11.5 Å². The lowest BCUT2D eigenvalue weighted by molar-refractivity contribution is 0.921. The molecule has 4 N–H and O–H groups in total. The van der Waals surface area contributed by atoms with Crippen LogP contribution >= 0.6 is 0 Å². The van der Waals surface area contributed by atoms with Crippen molar-refractivity contribution in [2.75, 3.05) is 11.5 Å². The molecule has 2 nitrogen and oxygen atoms in total. The van der Waals surface area contributed by atoms with Gasteiger partial charge >= 0.3 is 0 Å². The molecule has 0 unspecified atom stereocenters. The fourth-order valence-electron chi connectivity index (χ4n) is 2.13. The minimum atomic E-state index is 0.808. The molecule has 0 heterocycles. The van der Waals surface area contributed by atoms with Crippen LogP contribution in [0.2, 0.25) is 0 Å². The van der Waals surface area contributed by atoms with E-state index in [-0.39, 0.29) is 0 Å². The molecule has 0 saturated heterocycles. The Kier molecular flexibility index (Phi) is 3.88. The molecule has 2 rings (SSSR count). The maximum absolute atomic E-state index is 5.97. The molecular weight excluding hydrogens is 220 g/mol. The molecule has 0 aliphatic heterocycles. The summed E-state index contributed by atoms with van der Waals surface area (Å²) in [6.07, 6.45) is 3.09. The average Bonchev–Trinajstić information content (AvgIpc) is 2.37. The summed E-state index contributed by atoms with van der Waals surface area (Å²) in [5.41, 5.74) is 17.2. The van der Waals surface area contributed by atoms with Gasteiger partial charge in [0, 0.05) is 11.4 Å². The molecule has 0 spiro atoms. The zero-order valence-electron chi connectivity index (χ0n) is 10.8. The lowest BCUT2D eigenvalue weighted by Gasteiger charge is -2.08. The van der Waals surface area contributed by atoms with Gasteiger partial charge in [0.2, 0.25) is 0 Å². The first-order chi connectivity index (χ1) is 8.69. The van der Waals surface area contributed by atoms with Crippen LogP contribution < -0.4 is 11.5 Å². The van der Waals surface area contributed by atoms with Crippen molar-refractivity contribution in [3.63, 3.8) is 0 Å². The summed E-state index contributed by atoms with van der Waals surface area (Å²) in [5.74, 6) is 0. The van der Waals surface area contributed by atoms with E-state index in [1.165, 1.54) is 16.7 Å². The van der Waals surface area contributed by atoms with Gasteiger partial charge in [0.25, 0.3) is 0 Å². The average molecular weight is 240 g/mol. The highest BCUT2D eigenvalue weighted by Crippen LogP contribution is 2.19. The van der Waals surface area contributed by atoms with E-state index in [9.17, 15) is 0 Å². The third-order valence-electron chi connectivity index (χ3n) is 3.11. The van der Waals surface area contributed by atoms with Crippen molar-refractivity contribution < 1.29 is 0 Å². The van der Waals surface area contributed by atoms with Crippen LogP contribution in [0.1, 0.15) is 30.0 Å². The highest BCUT2D eigenvalue weighted by molar-refractivity contribution is 5.49. The Labute approximate surface area is 109 Å². The quantitative estimate of drug-likeness (QED) is 0.805. The molecule has 2 aromatic carbocycles. The van der Waals surface area contributed by atoms with Crippen LogP contribution in [0.4, 0.5) is 11.4 Å². The number of aryl methyl sites for hydroxylation is 1. The van der Waals surface area contributed by atoms with Crippen LogP contribution in [0.5, 0.6) is 0 Å². The van der Waals surface area contributed by atoms with Crippen molar-refractivity contribution >= 4 is 11.4 Å². The number of hydrogen-bond acceptors (Lipinski definition) is 2. The highest BCUT2D eigenvalue weighted by atomic mass is 14.6. The fraction of sp³-hybridized carbons (Fsp3) is 0.250. The Hall–Kier alpha value is -1.96. The summed E-state index contributed by atoms with van der Waals surface area (Å²) in [4.78, 5) is 0. The minimum absolute atomic E-state index is 0.808. The molecule has 0 aliphatic rings. The van der Waals surface area contributed by atoms with E-state index < -0.39 is 0 Å². The SMILES string of the molecule is CCCc1cc(Cc2ccc(N)cc2)ccc1N. The summed E-state index contributed by atoms with van der Waals surface area (Å²) in [6, 6.07) is 14.4. The summed E-state index contributed by atoms with van der Waals surface area (Å²) in [5, 5.41) is 0. The Bertz CT molecular complexity index is 515. The topological polar surface area (TPSA) is 52.0 Å². The number of anilines is 2. The van der Waals surface area contributed by atoms with E-state index in [1.807, 2.05) is 18.2 Å². The van der Waals surface area contributed by atoms with Gasteiger partial charge in [-0.2, -0.15) is 0 Å². The van der Waals surface area contributed by atoms with E-state index in [1.54, 1.807) is 0 Å². The number of nitrogens with two attached hydrogens (primary N) is 2. The Morgan fingerprint density at radius 2 is 1.56 bits per heavy atom. The monoisotopic (exact) mass is 240 g/mol. The first-order valence-corrected chi connectivity index (χ1v) is 6.40. The van der Waals surface area contributed by atoms with Gasteiger partial charge in [-0.05, 0) is 47.7 Å². The molecule has 2 heteroatoms. The smallest absolute Gasteiger partial charge is 0.0346 e. The van der Waals surface area contributed by atoms with Crippen molar-refractivity contribution in [1.29, 1.82) is 0 Å². The molecule has 2 aromatic rings. The second-order valence-corrected chi connectivity index (χ2v) is 4.70.